The molecular weight excluding hydrogens is 291 g/mol. The lowest BCUT2D eigenvalue weighted by atomic mass is 10.1. The Bertz CT molecular complexity index is 508. The van der Waals surface area contributed by atoms with Crippen molar-refractivity contribution in [1.82, 2.24) is 10.6 Å². The van der Waals surface area contributed by atoms with Crippen LogP contribution in [0.15, 0.2) is 18.2 Å². The Kier molecular flexibility index (Phi) is 8.09. The van der Waals surface area contributed by atoms with E-state index in [1.807, 2.05) is 0 Å². The number of hydrogen-bond acceptors (Lipinski definition) is 4. The number of benzene rings is 1. The van der Waals surface area contributed by atoms with Crippen LogP contribution in [0.25, 0.3) is 0 Å². The van der Waals surface area contributed by atoms with Crippen LogP contribution in [-0.2, 0) is 14.3 Å². The van der Waals surface area contributed by atoms with Crippen molar-refractivity contribution < 1.29 is 23.5 Å². The van der Waals surface area contributed by atoms with Gasteiger partial charge in [0.25, 0.3) is 5.91 Å². The van der Waals surface area contributed by atoms with Gasteiger partial charge in [0.2, 0.25) is 5.91 Å². The highest BCUT2D eigenvalue weighted by Gasteiger charge is 2.07. The molecule has 0 spiro atoms. The summed E-state index contributed by atoms with van der Waals surface area (Å²) in [5.41, 5.74) is 0.731. The van der Waals surface area contributed by atoms with Crippen LogP contribution in [0.5, 0.6) is 0 Å². The summed E-state index contributed by atoms with van der Waals surface area (Å²) in [6, 6.07) is 4.28. The molecule has 7 heteroatoms. The van der Waals surface area contributed by atoms with E-state index in [1.165, 1.54) is 6.07 Å². The van der Waals surface area contributed by atoms with Gasteiger partial charge in [-0.1, -0.05) is 6.07 Å². The Hall–Kier alpha value is -1.99. The molecule has 0 unspecified atom stereocenters. The van der Waals surface area contributed by atoms with Crippen molar-refractivity contribution in [3.05, 3.63) is 35.1 Å². The molecule has 122 valence electrons. The highest BCUT2D eigenvalue weighted by Crippen LogP contribution is 2.08. The van der Waals surface area contributed by atoms with Crippen LogP contribution in [0.1, 0.15) is 15.9 Å². The van der Waals surface area contributed by atoms with Crippen molar-refractivity contribution in [2.45, 2.75) is 6.92 Å². The number of rotatable bonds is 9. The summed E-state index contributed by atoms with van der Waals surface area (Å²) in [6.45, 7) is 2.86. The van der Waals surface area contributed by atoms with E-state index in [4.69, 9.17) is 9.47 Å². The third-order valence-corrected chi connectivity index (χ3v) is 2.83. The lowest BCUT2D eigenvalue weighted by molar-refractivity contribution is -0.126. The largest absolute Gasteiger partial charge is 0.382 e. The molecule has 0 saturated heterocycles. The molecule has 6 nitrogen and oxygen atoms in total. The Morgan fingerprint density at radius 2 is 1.91 bits per heavy atom. The summed E-state index contributed by atoms with van der Waals surface area (Å²) in [4.78, 5) is 23.1. The minimum atomic E-state index is -0.422. The van der Waals surface area contributed by atoms with E-state index in [0.717, 1.165) is 0 Å². The maximum atomic E-state index is 13.3. The van der Waals surface area contributed by atoms with Crippen LogP contribution >= 0.6 is 0 Å². The van der Waals surface area contributed by atoms with E-state index in [1.54, 1.807) is 26.2 Å². The van der Waals surface area contributed by atoms with Crippen LogP contribution < -0.4 is 10.6 Å². The number of carbonyl (C=O) groups excluding carboxylic acids is 2. The average Bonchev–Trinajstić information content (AvgIpc) is 2.50. The first kappa shape index (κ1) is 18.1. The van der Waals surface area contributed by atoms with Crippen LogP contribution in [0.3, 0.4) is 0 Å². The SMILES string of the molecule is COCCOCC(=O)NCCNC(=O)c1ccc(C)c(F)c1. The van der Waals surface area contributed by atoms with E-state index >= 15 is 0 Å². The number of methoxy groups -OCH3 is 1. The van der Waals surface area contributed by atoms with Gasteiger partial charge in [0, 0.05) is 25.8 Å². The normalized spacial score (nSPS) is 10.3. The summed E-state index contributed by atoms with van der Waals surface area (Å²) < 4.78 is 23.2. The summed E-state index contributed by atoms with van der Waals surface area (Å²) in [5, 5.41) is 5.19. The van der Waals surface area contributed by atoms with Crippen LogP contribution in [-0.4, -0.2) is 51.8 Å². The van der Waals surface area contributed by atoms with E-state index in [0.29, 0.717) is 18.8 Å². The van der Waals surface area contributed by atoms with Gasteiger partial charge in [-0.05, 0) is 24.6 Å². The molecule has 0 aromatic heterocycles. The zero-order valence-corrected chi connectivity index (χ0v) is 12.8. The second-order valence-corrected chi connectivity index (χ2v) is 4.62. The first-order valence-corrected chi connectivity index (χ1v) is 6.92. The van der Waals surface area contributed by atoms with Crippen molar-refractivity contribution in [2.75, 3.05) is 40.0 Å². The zero-order chi connectivity index (χ0) is 16.4. The number of amides is 2. The average molecular weight is 312 g/mol. The van der Waals surface area contributed by atoms with E-state index in [9.17, 15) is 14.0 Å². The van der Waals surface area contributed by atoms with Crippen molar-refractivity contribution in [1.29, 1.82) is 0 Å². The molecule has 2 N–H and O–H groups in total. The van der Waals surface area contributed by atoms with Gasteiger partial charge in [-0.2, -0.15) is 0 Å². The first-order chi connectivity index (χ1) is 10.5. The van der Waals surface area contributed by atoms with E-state index in [-0.39, 0.29) is 37.1 Å². The van der Waals surface area contributed by atoms with Gasteiger partial charge in [-0.3, -0.25) is 9.59 Å². The second kappa shape index (κ2) is 9.86. The monoisotopic (exact) mass is 312 g/mol. The van der Waals surface area contributed by atoms with Gasteiger partial charge in [0.1, 0.15) is 12.4 Å². The molecule has 0 aliphatic carbocycles. The van der Waals surface area contributed by atoms with Crippen molar-refractivity contribution in [3.8, 4) is 0 Å². The van der Waals surface area contributed by atoms with Crippen LogP contribution in [0.4, 0.5) is 4.39 Å². The Labute approximate surface area is 129 Å². The summed E-state index contributed by atoms with van der Waals surface area (Å²) in [5.74, 6) is -1.08. The number of hydrogen-bond donors (Lipinski definition) is 2. The fraction of sp³-hybridized carbons (Fsp3) is 0.467. The lowest BCUT2D eigenvalue weighted by Crippen LogP contribution is -2.36. The number of ether oxygens (including phenoxy) is 2. The molecule has 1 rings (SSSR count). The minimum Gasteiger partial charge on any atom is -0.382 e. The molecule has 0 aliphatic heterocycles. The van der Waals surface area contributed by atoms with Gasteiger partial charge < -0.3 is 20.1 Å². The zero-order valence-electron chi connectivity index (χ0n) is 12.8. The predicted octanol–water partition coefficient (Wildman–Crippen LogP) is 0.643. The van der Waals surface area contributed by atoms with Gasteiger partial charge in [-0.15, -0.1) is 0 Å². The van der Waals surface area contributed by atoms with Crippen LogP contribution in [0.2, 0.25) is 0 Å². The first-order valence-electron chi connectivity index (χ1n) is 6.92. The number of aryl methyl sites for hydroxylation is 1. The Balaban J connectivity index is 2.19. The molecule has 0 radical (unpaired) electrons. The van der Waals surface area contributed by atoms with Crippen molar-refractivity contribution >= 4 is 11.8 Å². The van der Waals surface area contributed by atoms with E-state index in [2.05, 4.69) is 10.6 Å². The molecule has 22 heavy (non-hydrogen) atoms. The lowest BCUT2D eigenvalue weighted by Gasteiger charge is -2.08. The summed E-state index contributed by atoms with van der Waals surface area (Å²) in [6.07, 6.45) is 0. The third-order valence-electron chi connectivity index (χ3n) is 2.83. The minimum absolute atomic E-state index is 0.0551. The summed E-state index contributed by atoms with van der Waals surface area (Å²) >= 11 is 0. The second-order valence-electron chi connectivity index (χ2n) is 4.62. The molecule has 0 fully saturated rings. The third kappa shape index (κ3) is 6.64. The topological polar surface area (TPSA) is 76.7 Å². The fourth-order valence-corrected chi connectivity index (χ4v) is 1.57. The van der Waals surface area contributed by atoms with Gasteiger partial charge in [0.05, 0.1) is 13.2 Å². The molecule has 0 bridgehead atoms. The summed E-state index contributed by atoms with van der Waals surface area (Å²) in [7, 11) is 1.55. The number of halogens is 1. The maximum absolute atomic E-state index is 13.3. The molecule has 1 aromatic carbocycles. The van der Waals surface area contributed by atoms with Gasteiger partial charge in [-0.25, -0.2) is 4.39 Å². The molecule has 0 saturated carbocycles. The Morgan fingerprint density at radius 1 is 1.18 bits per heavy atom. The quantitative estimate of drug-likeness (QED) is 0.656. The molecule has 0 aliphatic rings. The molecule has 0 heterocycles. The molecule has 2 amide bonds. The molecular formula is C15H21FN2O4. The van der Waals surface area contributed by atoms with Gasteiger partial charge in [0.15, 0.2) is 0 Å². The van der Waals surface area contributed by atoms with E-state index < -0.39 is 5.82 Å². The standard InChI is InChI=1S/C15H21FN2O4/c1-11-3-4-12(9-13(11)16)15(20)18-6-5-17-14(19)10-22-8-7-21-2/h3-4,9H,5-8,10H2,1-2H3,(H,17,19)(H,18,20). The van der Waals surface area contributed by atoms with Gasteiger partial charge >= 0.3 is 0 Å². The molecule has 1 aromatic rings. The van der Waals surface area contributed by atoms with Crippen molar-refractivity contribution in [3.63, 3.8) is 0 Å². The Morgan fingerprint density at radius 3 is 2.59 bits per heavy atom. The van der Waals surface area contributed by atoms with Crippen molar-refractivity contribution in [2.24, 2.45) is 0 Å². The number of carbonyl (C=O) groups is 2. The maximum Gasteiger partial charge on any atom is 0.251 e. The number of nitrogens with one attached hydrogen (secondary N) is 2. The fourth-order valence-electron chi connectivity index (χ4n) is 1.57. The smallest absolute Gasteiger partial charge is 0.251 e. The predicted molar refractivity (Wildman–Crippen MR) is 79.2 cm³/mol. The molecule has 0 atom stereocenters. The van der Waals surface area contributed by atoms with Crippen LogP contribution in [0, 0.1) is 12.7 Å². The highest BCUT2D eigenvalue weighted by atomic mass is 19.1. The highest BCUT2D eigenvalue weighted by molar-refractivity contribution is 5.94.